The number of morpholine rings is 1. The highest BCUT2D eigenvalue weighted by molar-refractivity contribution is 7.99. The van der Waals surface area contributed by atoms with E-state index in [9.17, 15) is 24.6 Å². The van der Waals surface area contributed by atoms with E-state index in [1.807, 2.05) is 42.5 Å². The fourth-order valence-electron chi connectivity index (χ4n) is 7.32. The van der Waals surface area contributed by atoms with Crippen LogP contribution >= 0.6 is 11.8 Å². The lowest BCUT2D eigenvalue weighted by atomic mass is 9.83. The van der Waals surface area contributed by atoms with E-state index in [0.29, 0.717) is 62.3 Å². The highest BCUT2D eigenvalue weighted by atomic mass is 32.2. The Hall–Kier alpha value is -3.49. The number of carbonyl (C=O) groups excluding carboxylic acids is 3. The van der Waals surface area contributed by atoms with Gasteiger partial charge in [0, 0.05) is 50.7 Å². The van der Waals surface area contributed by atoms with Crippen molar-refractivity contribution in [3.8, 4) is 0 Å². The van der Waals surface area contributed by atoms with E-state index in [0.717, 1.165) is 42.0 Å². The maximum Gasteiger partial charge on any atom is 0.302 e. The number of H-pyrrole nitrogens is 1. The van der Waals surface area contributed by atoms with E-state index in [1.54, 1.807) is 6.20 Å². The van der Waals surface area contributed by atoms with Gasteiger partial charge in [-0.2, -0.15) is 11.8 Å². The second kappa shape index (κ2) is 20.7. The number of imidazole rings is 1. The lowest BCUT2D eigenvalue weighted by Crippen LogP contribution is -2.57. The first-order valence-corrected chi connectivity index (χ1v) is 19.8. The number of hydrogen-bond acceptors (Lipinski definition) is 10. The number of nitrogens with zero attached hydrogens (tertiary/aromatic N) is 2. The van der Waals surface area contributed by atoms with E-state index in [-0.39, 0.29) is 31.4 Å². The summed E-state index contributed by atoms with van der Waals surface area (Å²) >= 11 is 1.52. The van der Waals surface area contributed by atoms with Crippen molar-refractivity contribution < 1.29 is 34.1 Å². The number of fused-ring (bicyclic) bond motifs is 1. The molecule has 13 heteroatoms. The van der Waals surface area contributed by atoms with Crippen LogP contribution in [0.25, 0.3) is 10.8 Å². The summed E-state index contributed by atoms with van der Waals surface area (Å²) in [6.45, 7) is 4.38. The SMILES string of the molecule is CC(=O)OCCSC[C@@H](Cc1cccc2ccccc12)C(=O)N[C@@H](Cc1c[nH]cn1)C(=O)N[C@@H](CC1CCCCC1)[C@@H](O)[C@@H](O)CN1CCOCC1. The van der Waals surface area contributed by atoms with Crippen molar-refractivity contribution in [1.29, 1.82) is 0 Å². The largest absolute Gasteiger partial charge is 0.465 e. The Kier molecular flexibility index (Phi) is 15.8. The van der Waals surface area contributed by atoms with Crippen LogP contribution in [-0.2, 0) is 36.7 Å². The molecular formula is C39H55N5O7S. The average Bonchev–Trinajstić information content (AvgIpc) is 3.67. The molecule has 2 aliphatic rings. The maximum atomic E-state index is 14.3. The normalized spacial score (nSPS) is 18.6. The topological polar surface area (TPSA) is 166 Å². The van der Waals surface area contributed by atoms with Crippen LogP contribution in [0.4, 0.5) is 0 Å². The standard InChI is InChI=1S/C39H55N5O7S/c1-27(45)51-18-19-52-25-31(21-30-12-7-11-29-10-5-6-13-33(29)30)38(48)43-35(22-32-23-40-26-41-32)39(49)42-34(20-28-8-3-2-4-9-28)37(47)36(46)24-44-14-16-50-17-15-44/h5-7,10-13,23,26,28,31,34-37,46-47H,2-4,8-9,14-22,24-25H2,1H3,(H,40,41)(H,42,49)(H,43,48)/t31-,34+,35+,36+,37-/m1/s1. The third-order valence-electron chi connectivity index (χ3n) is 10.2. The molecule has 0 unspecified atom stereocenters. The molecule has 2 amide bonds. The summed E-state index contributed by atoms with van der Waals surface area (Å²) in [6.07, 6.45) is 7.51. The minimum absolute atomic E-state index is 0.143. The summed E-state index contributed by atoms with van der Waals surface area (Å²) in [6, 6.07) is 12.4. The molecule has 1 saturated heterocycles. The molecule has 2 aromatic carbocycles. The number of esters is 1. The number of benzene rings is 2. The Morgan fingerprint density at radius 3 is 2.54 bits per heavy atom. The van der Waals surface area contributed by atoms with Gasteiger partial charge in [0.1, 0.15) is 18.8 Å². The van der Waals surface area contributed by atoms with Gasteiger partial charge in [-0.3, -0.25) is 19.3 Å². The lowest BCUT2D eigenvalue weighted by Gasteiger charge is -2.35. The zero-order chi connectivity index (χ0) is 36.7. The Balaban J connectivity index is 1.34. The van der Waals surface area contributed by atoms with Crippen LogP contribution in [0.2, 0.25) is 0 Å². The number of rotatable bonds is 19. The number of amides is 2. The van der Waals surface area contributed by atoms with Crippen molar-refractivity contribution in [1.82, 2.24) is 25.5 Å². The Morgan fingerprint density at radius 1 is 1.02 bits per heavy atom. The predicted molar refractivity (Wildman–Crippen MR) is 202 cm³/mol. The van der Waals surface area contributed by atoms with Gasteiger partial charge in [-0.1, -0.05) is 74.6 Å². The molecular weight excluding hydrogens is 683 g/mol. The van der Waals surface area contributed by atoms with Crippen molar-refractivity contribution in [3.63, 3.8) is 0 Å². The number of aromatic nitrogens is 2. The van der Waals surface area contributed by atoms with Crippen LogP contribution in [0, 0.1) is 11.8 Å². The van der Waals surface area contributed by atoms with Crippen molar-refractivity contribution in [2.75, 3.05) is 51.0 Å². The number of β-amino-alcohol motifs (C(OH)–C–C–N with tert-alkyl or cyclic N) is 1. The molecule has 1 aliphatic heterocycles. The molecule has 1 aliphatic carbocycles. The Bertz CT molecular complexity index is 1540. The van der Waals surface area contributed by atoms with Crippen molar-refractivity contribution >= 4 is 40.3 Å². The maximum absolute atomic E-state index is 14.3. The first-order chi connectivity index (χ1) is 25.3. The molecule has 0 bridgehead atoms. The van der Waals surface area contributed by atoms with Gasteiger partial charge >= 0.3 is 5.97 Å². The quantitative estimate of drug-likeness (QED) is 0.0911. The first kappa shape index (κ1) is 39.7. The molecule has 1 saturated carbocycles. The van der Waals surface area contributed by atoms with Crippen LogP contribution in [0.15, 0.2) is 55.0 Å². The van der Waals surface area contributed by atoms with E-state index in [2.05, 4.69) is 25.5 Å². The molecule has 0 spiro atoms. The molecule has 52 heavy (non-hydrogen) atoms. The summed E-state index contributed by atoms with van der Waals surface area (Å²) < 4.78 is 10.6. The fourth-order valence-corrected chi connectivity index (χ4v) is 8.24. The van der Waals surface area contributed by atoms with E-state index in [4.69, 9.17) is 9.47 Å². The Morgan fingerprint density at radius 2 is 1.79 bits per heavy atom. The summed E-state index contributed by atoms with van der Waals surface area (Å²) in [5, 5.41) is 31.1. The second-order valence-electron chi connectivity index (χ2n) is 14.1. The number of aliphatic hydroxyl groups is 2. The monoisotopic (exact) mass is 737 g/mol. The van der Waals surface area contributed by atoms with E-state index in [1.165, 1.54) is 31.4 Å². The molecule has 5 atom stereocenters. The van der Waals surface area contributed by atoms with Gasteiger partial charge < -0.3 is 35.3 Å². The second-order valence-corrected chi connectivity index (χ2v) is 15.3. The summed E-state index contributed by atoms with van der Waals surface area (Å²) in [4.78, 5) is 49.1. The Labute approximate surface area is 310 Å². The molecule has 0 radical (unpaired) electrons. The number of aromatic amines is 1. The number of ether oxygens (including phenoxy) is 2. The zero-order valence-electron chi connectivity index (χ0n) is 30.2. The predicted octanol–water partition coefficient (Wildman–Crippen LogP) is 3.25. The number of carbonyl (C=O) groups is 3. The molecule has 5 rings (SSSR count). The summed E-state index contributed by atoms with van der Waals surface area (Å²) in [7, 11) is 0. The van der Waals surface area contributed by atoms with Crippen molar-refractivity contribution in [2.24, 2.45) is 11.8 Å². The van der Waals surface area contributed by atoms with Gasteiger partial charge in [-0.25, -0.2) is 4.98 Å². The van der Waals surface area contributed by atoms with Crippen LogP contribution < -0.4 is 10.6 Å². The van der Waals surface area contributed by atoms with Gasteiger partial charge in [0.2, 0.25) is 11.8 Å². The van der Waals surface area contributed by atoms with Crippen LogP contribution in [0.5, 0.6) is 0 Å². The molecule has 3 aromatic rings. The summed E-state index contributed by atoms with van der Waals surface area (Å²) in [5.74, 6) is -0.257. The first-order valence-electron chi connectivity index (χ1n) is 18.7. The molecule has 5 N–H and O–H groups in total. The van der Waals surface area contributed by atoms with Crippen molar-refractivity contribution in [3.05, 3.63) is 66.2 Å². The average molecular weight is 738 g/mol. The van der Waals surface area contributed by atoms with Crippen molar-refractivity contribution in [2.45, 2.75) is 82.6 Å². The zero-order valence-corrected chi connectivity index (χ0v) is 31.0. The van der Waals surface area contributed by atoms with Gasteiger partial charge in [0.25, 0.3) is 0 Å². The third kappa shape index (κ3) is 12.3. The van der Waals surface area contributed by atoms with Crippen LogP contribution in [-0.4, -0.2) is 118 Å². The van der Waals surface area contributed by atoms with E-state index >= 15 is 0 Å². The lowest BCUT2D eigenvalue weighted by molar-refractivity contribution is -0.140. The molecule has 2 fully saturated rings. The highest BCUT2D eigenvalue weighted by Crippen LogP contribution is 2.29. The van der Waals surface area contributed by atoms with E-state index < -0.39 is 36.1 Å². The van der Waals surface area contributed by atoms with Gasteiger partial charge in [0.15, 0.2) is 0 Å². The minimum Gasteiger partial charge on any atom is -0.465 e. The van der Waals surface area contributed by atoms with Gasteiger partial charge in [-0.05, 0) is 35.1 Å². The molecule has 1 aromatic heterocycles. The minimum atomic E-state index is -1.19. The van der Waals surface area contributed by atoms with Gasteiger partial charge in [-0.15, -0.1) is 0 Å². The number of aliphatic hydroxyl groups excluding tert-OH is 2. The molecule has 12 nitrogen and oxygen atoms in total. The number of hydrogen-bond donors (Lipinski definition) is 5. The number of thioether (sulfide) groups is 1. The van der Waals surface area contributed by atoms with Gasteiger partial charge in [0.05, 0.1) is 43.3 Å². The smallest absolute Gasteiger partial charge is 0.302 e. The third-order valence-corrected chi connectivity index (χ3v) is 11.3. The van der Waals surface area contributed by atoms with Crippen LogP contribution in [0.3, 0.4) is 0 Å². The highest BCUT2D eigenvalue weighted by Gasteiger charge is 2.35. The van der Waals surface area contributed by atoms with Crippen LogP contribution in [0.1, 0.15) is 56.7 Å². The molecule has 2 heterocycles. The number of nitrogens with one attached hydrogen (secondary N) is 3. The molecule has 284 valence electrons. The summed E-state index contributed by atoms with van der Waals surface area (Å²) in [5.41, 5.74) is 1.63. The fraction of sp³-hybridized carbons (Fsp3) is 0.590.